The second-order valence-corrected chi connectivity index (χ2v) is 3.97. The highest BCUT2D eigenvalue weighted by Gasteiger charge is 1.96. The molecule has 0 aromatic heterocycles. The highest BCUT2D eigenvalue weighted by Crippen LogP contribution is 2.05. The topological polar surface area (TPSA) is 38.3 Å². The zero-order valence-corrected chi connectivity index (χ0v) is 10.8. The maximum absolute atomic E-state index is 11.0. The minimum absolute atomic E-state index is 0.351. The minimum atomic E-state index is -0.351. The largest absolute Gasteiger partial charge is 0.450 e. The fourth-order valence-electron chi connectivity index (χ4n) is 1.18. The Kier molecular flexibility index (Phi) is 8.31. The van der Waals surface area contributed by atoms with E-state index in [1.54, 1.807) is 6.92 Å². The molecule has 1 N–H and O–H groups in total. The number of hydrogen-bond acceptors (Lipinski definition) is 2. The number of allylic oxidation sites excluding steroid dienone is 3. The minimum Gasteiger partial charge on any atom is -0.450 e. The number of hydrogen-bond donors (Lipinski definition) is 1. The predicted octanol–water partition coefficient (Wildman–Crippen LogP) is 3.43. The quantitative estimate of drug-likeness (QED) is 0.703. The summed E-state index contributed by atoms with van der Waals surface area (Å²) in [5, 5.41) is 2.66. The van der Waals surface area contributed by atoms with Gasteiger partial charge in [-0.05, 0) is 40.5 Å². The van der Waals surface area contributed by atoms with E-state index in [1.807, 2.05) is 6.08 Å². The van der Waals surface area contributed by atoms with Gasteiger partial charge in [0.15, 0.2) is 0 Å². The van der Waals surface area contributed by atoms with E-state index in [4.69, 9.17) is 4.74 Å². The molecule has 0 aromatic rings. The van der Waals surface area contributed by atoms with Crippen molar-refractivity contribution in [3.63, 3.8) is 0 Å². The van der Waals surface area contributed by atoms with Gasteiger partial charge in [0.05, 0.1) is 6.61 Å². The third kappa shape index (κ3) is 9.31. The first-order valence-corrected chi connectivity index (χ1v) is 5.75. The Morgan fingerprint density at radius 3 is 2.50 bits per heavy atom. The van der Waals surface area contributed by atoms with E-state index >= 15 is 0 Å². The van der Waals surface area contributed by atoms with Crippen molar-refractivity contribution in [2.45, 2.75) is 40.5 Å². The number of ether oxygens (including phenoxy) is 1. The SMILES string of the molecule is CCOC(=O)NC/C=C(/C)CCC=C(C)C. The van der Waals surface area contributed by atoms with Gasteiger partial charge in [0.1, 0.15) is 0 Å². The number of alkyl carbamates (subject to hydrolysis) is 1. The van der Waals surface area contributed by atoms with Gasteiger partial charge in [0.25, 0.3) is 0 Å². The highest BCUT2D eigenvalue weighted by atomic mass is 16.5. The molecule has 1 amide bonds. The van der Waals surface area contributed by atoms with Crippen molar-refractivity contribution >= 4 is 6.09 Å². The van der Waals surface area contributed by atoms with Crippen molar-refractivity contribution in [1.82, 2.24) is 5.32 Å². The lowest BCUT2D eigenvalue weighted by atomic mass is 10.1. The molecule has 3 heteroatoms. The molecule has 92 valence electrons. The first kappa shape index (κ1) is 14.8. The summed E-state index contributed by atoms with van der Waals surface area (Å²) in [5.74, 6) is 0. The lowest BCUT2D eigenvalue weighted by molar-refractivity contribution is 0.153. The summed E-state index contributed by atoms with van der Waals surface area (Å²) < 4.78 is 4.75. The molecule has 0 bridgehead atoms. The molecule has 0 heterocycles. The average Bonchev–Trinajstić information content (AvgIpc) is 2.17. The van der Waals surface area contributed by atoms with Crippen molar-refractivity contribution < 1.29 is 9.53 Å². The second kappa shape index (κ2) is 9.01. The van der Waals surface area contributed by atoms with E-state index in [1.165, 1.54) is 11.1 Å². The Balaban J connectivity index is 3.70. The van der Waals surface area contributed by atoms with Crippen LogP contribution in [0.5, 0.6) is 0 Å². The summed E-state index contributed by atoms with van der Waals surface area (Å²) in [6.45, 7) is 9.02. The molecule has 0 atom stereocenters. The Bertz CT molecular complexity index is 263. The molecule has 0 fully saturated rings. The Labute approximate surface area is 98.6 Å². The molecule has 0 saturated carbocycles. The van der Waals surface area contributed by atoms with E-state index in [9.17, 15) is 4.79 Å². The van der Waals surface area contributed by atoms with E-state index in [-0.39, 0.29) is 6.09 Å². The van der Waals surface area contributed by atoms with E-state index < -0.39 is 0 Å². The van der Waals surface area contributed by atoms with Crippen LogP contribution in [0.3, 0.4) is 0 Å². The van der Waals surface area contributed by atoms with Crippen LogP contribution >= 0.6 is 0 Å². The Hall–Kier alpha value is -1.25. The molecule has 0 spiro atoms. The zero-order chi connectivity index (χ0) is 12.4. The normalized spacial score (nSPS) is 10.9. The molecular weight excluding hydrogens is 202 g/mol. The maximum atomic E-state index is 11.0. The Morgan fingerprint density at radius 1 is 1.25 bits per heavy atom. The summed E-state index contributed by atoms with van der Waals surface area (Å²) >= 11 is 0. The summed E-state index contributed by atoms with van der Waals surface area (Å²) in [6.07, 6.45) is 5.99. The summed E-state index contributed by atoms with van der Waals surface area (Å²) in [7, 11) is 0. The van der Waals surface area contributed by atoms with Gasteiger partial charge in [0, 0.05) is 6.54 Å². The molecule has 3 nitrogen and oxygen atoms in total. The van der Waals surface area contributed by atoms with Crippen molar-refractivity contribution in [3.05, 3.63) is 23.3 Å². The van der Waals surface area contributed by atoms with Crippen LogP contribution < -0.4 is 5.32 Å². The van der Waals surface area contributed by atoms with Crippen molar-refractivity contribution in [1.29, 1.82) is 0 Å². The third-order valence-electron chi connectivity index (χ3n) is 2.06. The van der Waals surface area contributed by atoms with Crippen LogP contribution in [0.2, 0.25) is 0 Å². The lowest BCUT2D eigenvalue weighted by Gasteiger charge is -2.03. The molecule has 0 radical (unpaired) electrons. The molecule has 0 aromatic carbocycles. The van der Waals surface area contributed by atoms with Crippen molar-refractivity contribution in [2.75, 3.05) is 13.2 Å². The first-order valence-electron chi connectivity index (χ1n) is 5.75. The molecule has 0 unspecified atom stereocenters. The number of rotatable bonds is 6. The van der Waals surface area contributed by atoms with Crippen LogP contribution in [0.25, 0.3) is 0 Å². The van der Waals surface area contributed by atoms with Gasteiger partial charge >= 0.3 is 6.09 Å². The average molecular weight is 225 g/mol. The summed E-state index contributed by atoms with van der Waals surface area (Å²) in [6, 6.07) is 0. The molecule has 0 rings (SSSR count). The van der Waals surface area contributed by atoms with E-state index in [0.29, 0.717) is 13.2 Å². The number of nitrogens with one attached hydrogen (secondary N) is 1. The van der Waals surface area contributed by atoms with Crippen LogP contribution in [0.4, 0.5) is 4.79 Å². The smallest absolute Gasteiger partial charge is 0.407 e. The van der Waals surface area contributed by atoms with Gasteiger partial charge in [-0.2, -0.15) is 0 Å². The standard InChI is InChI=1S/C13H23NO2/c1-5-16-13(15)14-10-9-12(4)8-6-7-11(2)3/h7,9H,5-6,8,10H2,1-4H3,(H,14,15)/b12-9-. The van der Waals surface area contributed by atoms with Gasteiger partial charge in [-0.3, -0.25) is 0 Å². The van der Waals surface area contributed by atoms with Gasteiger partial charge < -0.3 is 10.1 Å². The predicted molar refractivity (Wildman–Crippen MR) is 67.4 cm³/mol. The first-order chi connectivity index (χ1) is 7.56. The third-order valence-corrected chi connectivity index (χ3v) is 2.06. The number of amides is 1. The molecule has 0 aliphatic carbocycles. The van der Waals surface area contributed by atoms with Crippen LogP contribution in [-0.2, 0) is 4.74 Å². The van der Waals surface area contributed by atoms with Crippen LogP contribution in [0, 0.1) is 0 Å². The molecule has 0 saturated heterocycles. The fourth-order valence-corrected chi connectivity index (χ4v) is 1.18. The van der Waals surface area contributed by atoms with Crippen LogP contribution in [-0.4, -0.2) is 19.2 Å². The lowest BCUT2D eigenvalue weighted by Crippen LogP contribution is -2.24. The molecule has 16 heavy (non-hydrogen) atoms. The van der Waals surface area contributed by atoms with Crippen molar-refractivity contribution in [3.8, 4) is 0 Å². The summed E-state index contributed by atoms with van der Waals surface area (Å²) in [5.41, 5.74) is 2.63. The molecule has 0 aliphatic rings. The summed E-state index contributed by atoms with van der Waals surface area (Å²) in [4.78, 5) is 11.0. The molecular formula is C13H23NO2. The van der Waals surface area contributed by atoms with Gasteiger partial charge in [-0.15, -0.1) is 0 Å². The van der Waals surface area contributed by atoms with E-state index in [0.717, 1.165) is 12.8 Å². The van der Waals surface area contributed by atoms with Gasteiger partial charge in [-0.1, -0.05) is 23.3 Å². The molecule has 0 aliphatic heterocycles. The fraction of sp³-hybridized carbons (Fsp3) is 0.615. The Morgan fingerprint density at radius 2 is 1.94 bits per heavy atom. The zero-order valence-electron chi connectivity index (χ0n) is 10.8. The van der Waals surface area contributed by atoms with Crippen LogP contribution in [0.1, 0.15) is 40.5 Å². The van der Waals surface area contributed by atoms with Crippen LogP contribution in [0.15, 0.2) is 23.3 Å². The number of carbonyl (C=O) groups is 1. The maximum Gasteiger partial charge on any atom is 0.407 e. The second-order valence-electron chi connectivity index (χ2n) is 3.97. The van der Waals surface area contributed by atoms with Gasteiger partial charge in [0.2, 0.25) is 0 Å². The van der Waals surface area contributed by atoms with Gasteiger partial charge in [-0.25, -0.2) is 4.79 Å². The van der Waals surface area contributed by atoms with E-state index in [2.05, 4.69) is 32.2 Å². The highest BCUT2D eigenvalue weighted by molar-refractivity contribution is 5.67. The number of carbonyl (C=O) groups excluding carboxylic acids is 1. The monoisotopic (exact) mass is 225 g/mol. The van der Waals surface area contributed by atoms with Crippen molar-refractivity contribution in [2.24, 2.45) is 0 Å².